The molecule has 0 aliphatic carbocycles. The number of carbonyl (C=O) groups excluding carboxylic acids is 3. The van der Waals surface area contributed by atoms with Gasteiger partial charge in [0.1, 0.15) is 0 Å². The molecule has 0 bridgehead atoms. The molecule has 1 fully saturated rings. The molecular weight excluding hydrogens is 374 g/mol. The SMILES string of the molecule is O=C1CCC(CCC(=O)N2C[C@H](O)C[C@H](NC(=O)CCc3cccnc3)C2)=NN1. The van der Waals surface area contributed by atoms with Gasteiger partial charge in [-0.05, 0) is 37.3 Å². The van der Waals surface area contributed by atoms with E-state index < -0.39 is 6.10 Å². The highest BCUT2D eigenvalue weighted by Crippen LogP contribution is 2.14. The molecule has 156 valence electrons. The topological polar surface area (TPSA) is 124 Å². The van der Waals surface area contributed by atoms with Gasteiger partial charge in [-0.15, -0.1) is 0 Å². The number of hydrogen-bond donors (Lipinski definition) is 3. The van der Waals surface area contributed by atoms with Crippen molar-refractivity contribution in [2.24, 2.45) is 5.10 Å². The molecule has 0 unspecified atom stereocenters. The lowest BCUT2D eigenvalue weighted by molar-refractivity contribution is -0.136. The first-order valence-electron chi connectivity index (χ1n) is 9.98. The lowest BCUT2D eigenvalue weighted by Crippen LogP contribution is -2.54. The summed E-state index contributed by atoms with van der Waals surface area (Å²) in [6.07, 6.45) is 5.82. The Morgan fingerprint density at radius 1 is 1.24 bits per heavy atom. The predicted molar refractivity (Wildman–Crippen MR) is 106 cm³/mol. The van der Waals surface area contributed by atoms with Gasteiger partial charge in [0.25, 0.3) is 0 Å². The van der Waals surface area contributed by atoms with Crippen molar-refractivity contribution in [3.63, 3.8) is 0 Å². The smallest absolute Gasteiger partial charge is 0.240 e. The molecule has 2 aliphatic heterocycles. The fraction of sp³-hybridized carbons (Fsp3) is 0.550. The second-order valence-electron chi connectivity index (χ2n) is 7.53. The molecular formula is C20H27N5O4. The number of likely N-dealkylation sites (tertiary alicyclic amines) is 1. The molecule has 2 atom stereocenters. The molecule has 0 radical (unpaired) electrons. The summed E-state index contributed by atoms with van der Waals surface area (Å²) in [6, 6.07) is 3.49. The molecule has 0 aromatic carbocycles. The van der Waals surface area contributed by atoms with Crippen LogP contribution in [0.2, 0.25) is 0 Å². The Labute approximate surface area is 169 Å². The summed E-state index contributed by atoms with van der Waals surface area (Å²) in [4.78, 5) is 41.6. The van der Waals surface area contributed by atoms with Crippen LogP contribution in [0.5, 0.6) is 0 Å². The van der Waals surface area contributed by atoms with Crippen LogP contribution >= 0.6 is 0 Å². The van der Waals surface area contributed by atoms with Crippen molar-refractivity contribution in [1.82, 2.24) is 20.6 Å². The van der Waals surface area contributed by atoms with E-state index in [-0.39, 0.29) is 36.7 Å². The average Bonchev–Trinajstić information content (AvgIpc) is 2.72. The van der Waals surface area contributed by atoms with E-state index in [0.717, 1.165) is 11.3 Å². The van der Waals surface area contributed by atoms with E-state index in [2.05, 4.69) is 20.8 Å². The molecule has 1 saturated heterocycles. The van der Waals surface area contributed by atoms with Crippen LogP contribution in [0, 0.1) is 0 Å². The number of aliphatic hydroxyl groups excluding tert-OH is 1. The number of aliphatic hydroxyl groups is 1. The molecule has 3 heterocycles. The van der Waals surface area contributed by atoms with Gasteiger partial charge in [0.15, 0.2) is 0 Å². The third-order valence-corrected chi connectivity index (χ3v) is 5.12. The first-order chi connectivity index (χ1) is 14.0. The summed E-state index contributed by atoms with van der Waals surface area (Å²) >= 11 is 0. The van der Waals surface area contributed by atoms with E-state index in [4.69, 9.17) is 0 Å². The normalized spacial score (nSPS) is 21.9. The Hall–Kier alpha value is -2.81. The van der Waals surface area contributed by atoms with Gasteiger partial charge in [-0.2, -0.15) is 5.10 Å². The summed E-state index contributed by atoms with van der Waals surface area (Å²) in [5.41, 5.74) is 4.22. The third kappa shape index (κ3) is 6.63. The fourth-order valence-corrected chi connectivity index (χ4v) is 3.59. The van der Waals surface area contributed by atoms with Crippen LogP contribution in [-0.2, 0) is 20.8 Å². The van der Waals surface area contributed by atoms with Crippen LogP contribution < -0.4 is 10.7 Å². The molecule has 3 rings (SSSR count). The number of aromatic nitrogens is 1. The first-order valence-corrected chi connectivity index (χ1v) is 9.98. The number of hydrazone groups is 1. The average molecular weight is 401 g/mol. The monoisotopic (exact) mass is 401 g/mol. The van der Waals surface area contributed by atoms with Crippen molar-refractivity contribution < 1.29 is 19.5 Å². The van der Waals surface area contributed by atoms with E-state index in [9.17, 15) is 19.5 Å². The molecule has 9 nitrogen and oxygen atoms in total. The zero-order chi connectivity index (χ0) is 20.6. The Morgan fingerprint density at radius 3 is 2.83 bits per heavy atom. The standard InChI is InChI=1S/C20H27N5O4/c26-17-10-16(22-18(27)6-3-14-2-1-9-21-11-14)12-25(13-17)20(29)8-5-15-4-7-19(28)24-23-15/h1-2,9,11,16-17,26H,3-8,10,12-13H2,(H,22,27)(H,24,28)/t16-,17+/m0/s1. The second-order valence-corrected chi connectivity index (χ2v) is 7.53. The van der Waals surface area contributed by atoms with Crippen molar-refractivity contribution >= 4 is 23.4 Å². The molecule has 0 spiro atoms. The summed E-state index contributed by atoms with van der Waals surface area (Å²) in [5, 5.41) is 17.0. The Balaban J connectivity index is 1.44. The number of nitrogens with one attached hydrogen (secondary N) is 2. The Bertz CT molecular complexity index is 767. The highest BCUT2D eigenvalue weighted by molar-refractivity contribution is 5.94. The number of β-amino-alcohol motifs (C(OH)–C–C–N with tert-alkyl or cyclic N) is 1. The number of carbonyl (C=O) groups is 3. The molecule has 0 saturated carbocycles. The number of pyridine rings is 1. The lowest BCUT2D eigenvalue weighted by Gasteiger charge is -2.36. The number of aryl methyl sites for hydroxylation is 1. The van der Waals surface area contributed by atoms with Crippen LogP contribution in [0.1, 0.15) is 44.1 Å². The largest absolute Gasteiger partial charge is 0.391 e. The van der Waals surface area contributed by atoms with Crippen molar-refractivity contribution in [3.05, 3.63) is 30.1 Å². The zero-order valence-electron chi connectivity index (χ0n) is 16.3. The molecule has 1 aromatic heterocycles. The van der Waals surface area contributed by atoms with Crippen LogP contribution in [0.15, 0.2) is 29.6 Å². The second kappa shape index (κ2) is 10.1. The third-order valence-electron chi connectivity index (χ3n) is 5.12. The minimum Gasteiger partial charge on any atom is -0.391 e. The molecule has 2 aliphatic rings. The summed E-state index contributed by atoms with van der Waals surface area (Å²) in [7, 11) is 0. The Kier molecular flexibility index (Phi) is 7.29. The number of rotatable bonds is 7. The molecule has 29 heavy (non-hydrogen) atoms. The number of hydrogen-bond acceptors (Lipinski definition) is 6. The van der Waals surface area contributed by atoms with Gasteiger partial charge in [-0.1, -0.05) is 6.07 Å². The van der Waals surface area contributed by atoms with Gasteiger partial charge in [0.05, 0.1) is 6.10 Å². The van der Waals surface area contributed by atoms with E-state index in [0.29, 0.717) is 45.1 Å². The van der Waals surface area contributed by atoms with Gasteiger partial charge in [-0.3, -0.25) is 19.4 Å². The quantitative estimate of drug-likeness (QED) is 0.599. The minimum absolute atomic E-state index is 0.0852. The number of nitrogens with zero attached hydrogens (tertiary/aromatic N) is 3. The molecule has 9 heteroatoms. The summed E-state index contributed by atoms with van der Waals surface area (Å²) in [5.74, 6) is -0.299. The first kappa shape index (κ1) is 20.9. The van der Waals surface area contributed by atoms with Gasteiger partial charge < -0.3 is 15.3 Å². The predicted octanol–water partition coefficient (Wildman–Crippen LogP) is 0.138. The van der Waals surface area contributed by atoms with Gasteiger partial charge >= 0.3 is 0 Å². The van der Waals surface area contributed by atoms with E-state index in [1.807, 2.05) is 12.1 Å². The molecule has 3 amide bonds. The fourth-order valence-electron chi connectivity index (χ4n) is 3.59. The van der Waals surface area contributed by atoms with Crippen LogP contribution in [-0.4, -0.2) is 63.7 Å². The highest BCUT2D eigenvalue weighted by Gasteiger charge is 2.29. The Morgan fingerprint density at radius 2 is 2.10 bits per heavy atom. The van der Waals surface area contributed by atoms with Crippen molar-refractivity contribution in [2.75, 3.05) is 13.1 Å². The zero-order valence-corrected chi connectivity index (χ0v) is 16.3. The number of piperidine rings is 1. The maximum absolute atomic E-state index is 12.5. The van der Waals surface area contributed by atoms with Gasteiger partial charge in [0, 0.05) is 56.5 Å². The molecule has 3 N–H and O–H groups in total. The minimum atomic E-state index is -0.664. The summed E-state index contributed by atoms with van der Waals surface area (Å²) in [6.45, 7) is 0.655. The van der Waals surface area contributed by atoms with Gasteiger partial charge in [0.2, 0.25) is 17.7 Å². The van der Waals surface area contributed by atoms with Crippen molar-refractivity contribution in [2.45, 2.75) is 57.1 Å². The highest BCUT2D eigenvalue weighted by atomic mass is 16.3. The van der Waals surface area contributed by atoms with E-state index in [1.54, 1.807) is 17.3 Å². The van der Waals surface area contributed by atoms with E-state index >= 15 is 0 Å². The molecule has 1 aromatic rings. The summed E-state index contributed by atoms with van der Waals surface area (Å²) < 4.78 is 0. The van der Waals surface area contributed by atoms with Crippen LogP contribution in [0.25, 0.3) is 0 Å². The number of amides is 3. The van der Waals surface area contributed by atoms with Gasteiger partial charge in [-0.25, -0.2) is 5.43 Å². The van der Waals surface area contributed by atoms with E-state index in [1.165, 1.54) is 0 Å². The van der Waals surface area contributed by atoms with Crippen LogP contribution in [0.3, 0.4) is 0 Å². The van der Waals surface area contributed by atoms with Crippen molar-refractivity contribution in [1.29, 1.82) is 0 Å². The van der Waals surface area contributed by atoms with Crippen molar-refractivity contribution in [3.8, 4) is 0 Å². The maximum Gasteiger partial charge on any atom is 0.240 e. The van der Waals surface area contributed by atoms with Crippen LogP contribution in [0.4, 0.5) is 0 Å². The maximum atomic E-state index is 12.5. The lowest BCUT2D eigenvalue weighted by atomic mass is 10.0.